The van der Waals surface area contributed by atoms with E-state index in [1.807, 2.05) is 12.5 Å². The fourth-order valence-electron chi connectivity index (χ4n) is 2.19. The number of nitrogens with zero attached hydrogens (tertiary/aromatic N) is 2. The smallest absolute Gasteiger partial charge is 0.130 e. The van der Waals surface area contributed by atoms with Crippen molar-refractivity contribution in [2.24, 2.45) is 0 Å². The predicted molar refractivity (Wildman–Crippen MR) is 82.1 cm³/mol. The minimum Gasteiger partial charge on any atom is -0.487 e. The highest BCUT2D eigenvalue weighted by Crippen LogP contribution is 2.25. The maximum Gasteiger partial charge on any atom is 0.130 e. The Morgan fingerprint density at radius 1 is 1.30 bits per heavy atom. The van der Waals surface area contributed by atoms with Crippen molar-refractivity contribution in [3.8, 4) is 5.75 Å². The Morgan fingerprint density at radius 3 is 2.80 bits per heavy atom. The Hall–Kier alpha value is -1.77. The van der Waals surface area contributed by atoms with Gasteiger partial charge >= 0.3 is 0 Å². The molecular weight excluding hydrogens is 248 g/mol. The third-order valence-electron chi connectivity index (χ3n) is 3.52. The zero-order chi connectivity index (χ0) is 14.5. The van der Waals surface area contributed by atoms with E-state index in [-0.39, 0.29) is 0 Å². The molecule has 2 aromatic rings. The van der Waals surface area contributed by atoms with Crippen LogP contribution in [0.15, 0.2) is 30.7 Å². The zero-order valence-electron chi connectivity index (χ0n) is 12.9. The van der Waals surface area contributed by atoms with Crippen LogP contribution in [0, 0.1) is 6.92 Å². The summed E-state index contributed by atoms with van der Waals surface area (Å²) in [6.07, 6.45) is 4.86. The van der Waals surface area contributed by atoms with E-state index >= 15 is 0 Å². The first-order chi connectivity index (χ1) is 9.61. The molecule has 1 aromatic carbocycles. The molecule has 0 radical (unpaired) electrons. The van der Waals surface area contributed by atoms with E-state index in [0.29, 0.717) is 12.5 Å². The van der Waals surface area contributed by atoms with Gasteiger partial charge in [-0.3, -0.25) is 0 Å². The number of hydrogen-bond donors (Lipinski definition) is 0. The molecule has 0 saturated carbocycles. The van der Waals surface area contributed by atoms with Crippen LogP contribution in [0.4, 0.5) is 0 Å². The van der Waals surface area contributed by atoms with Crippen molar-refractivity contribution in [1.29, 1.82) is 0 Å². The van der Waals surface area contributed by atoms with Crippen molar-refractivity contribution < 1.29 is 4.74 Å². The number of imidazole rings is 1. The van der Waals surface area contributed by atoms with Gasteiger partial charge in [-0.05, 0) is 36.5 Å². The van der Waals surface area contributed by atoms with Crippen molar-refractivity contribution in [3.63, 3.8) is 0 Å². The molecule has 0 N–H and O–H groups in total. The lowest BCUT2D eigenvalue weighted by atomic mass is 10.0. The maximum absolute atomic E-state index is 6.00. The molecule has 0 saturated heterocycles. The summed E-state index contributed by atoms with van der Waals surface area (Å²) < 4.78 is 8.15. The Labute approximate surface area is 121 Å². The summed E-state index contributed by atoms with van der Waals surface area (Å²) >= 11 is 0. The number of ether oxygens (including phenoxy) is 1. The van der Waals surface area contributed by atoms with Crippen molar-refractivity contribution in [2.45, 2.75) is 53.2 Å². The largest absolute Gasteiger partial charge is 0.487 e. The second kappa shape index (κ2) is 6.60. The van der Waals surface area contributed by atoms with E-state index in [0.717, 1.165) is 24.4 Å². The van der Waals surface area contributed by atoms with Crippen LogP contribution in [-0.4, -0.2) is 9.55 Å². The maximum atomic E-state index is 6.00. The molecule has 0 aliphatic heterocycles. The predicted octanol–water partition coefficient (Wildman–Crippen LogP) is 4.30. The molecule has 1 heterocycles. The summed E-state index contributed by atoms with van der Waals surface area (Å²) in [5.41, 5.74) is 3.62. The van der Waals surface area contributed by atoms with Gasteiger partial charge in [0.05, 0.1) is 18.2 Å². The van der Waals surface area contributed by atoms with Crippen LogP contribution in [0.5, 0.6) is 5.75 Å². The van der Waals surface area contributed by atoms with Gasteiger partial charge in [0.25, 0.3) is 0 Å². The number of aromatic nitrogens is 2. The van der Waals surface area contributed by atoms with E-state index in [1.165, 1.54) is 11.1 Å². The SMILES string of the molecule is CCCn1cncc1COc1cc(C(C)C)ccc1C. The number of benzene rings is 1. The van der Waals surface area contributed by atoms with Crippen LogP contribution < -0.4 is 4.74 Å². The first-order valence-corrected chi connectivity index (χ1v) is 7.34. The van der Waals surface area contributed by atoms with Crippen LogP contribution in [-0.2, 0) is 13.2 Å². The fraction of sp³-hybridized carbons (Fsp3) is 0.471. The Kier molecular flexibility index (Phi) is 4.83. The minimum atomic E-state index is 0.517. The summed E-state index contributed by atoms with van der Waals surface area (Å²) in [5.74, 6) is 1.49. The summed E-state index contributed by atoms with van der Waals surface area (Å²) in [6.45, 7) is 10.2. The van der Waals surface area contributed by atoms with Crippen molar-refractivity contribution in [3.05, 3.63) is 47.5 Å². The summed E-state index contributed by atoms with van der Waals surface area (Å²) in [7, 11) is 0. The van der Waals surface area contributed by atoms with Crippen LogP contribution in [0.3, 0.4) is 0 Å². The lowest BCUT2D eigenvalue weighted by molar-refractivity contribution is 0.292. The standard InChI is InChI=1S/C17H24N2O/c1-5-8-19-12-18-10-16(19)11-20-17-9-15(13(2)3)7-6-14(17)4/h6-7,9-10,12-13H,5,8,11H2,1-4H3. The summed E-state index contributed by atoms with van der Waals surface area (Å²) in [4.78, 5) is 4.20. The van der Waals surface area contributed by atoms with Gasteiger partial charge in [0.2, 0.25) is 0 Å². The molecule has 1 aromatic heterocycles. The van der Waals surface area contributed by atoms with Gasteiger partial charge in [-0.15, -0.1) is 0 Å². The third kappa shape index (κ3) is 3.41. The fourth-order valence-corrected chi connectivity index (χ4v) is 2.19. The average Bonchev–Trinajstić information content (AvgIpc) is 2.85. The molecule has 0 bridgehead atoms. The molecule has 20 heavy (non-hydrogen) atoms. The second-order valence-corrected chi connectivity index (χ2v) is 5.55. The van der Waals surface area contributed by atoms with E-state index < -0.39 is 0 Å². The van der Waals surface area contributed by atoms with Gasteiger partial charge in [-0.25, -0.2) is 4.98 Å². The minimum absolute atomic E-state index is 0.517. The Balaban J connectivity index is 2.10. The van der Waals surface area contributed by atoms with Crippen LogP contribution in [0.1, 0.15) is 49.9 Å². The third-order valence-corrected chi connectivity index (χ3v) is 3.52. The molecule has 3 nitrogen and oxygen atoms in total. The molecule has 0 unspecified atom stereocenters. The lowest BCUT2D eigenvalue weighted by Gasteiger charge is -2.13. The second-order valence-electron chi connectivity index (χ2n) is 5.55. The van der Waals surface area contributed by atoms with Gasteiger partial charge < -0.3 is 9.30 Å². The number of aryl methyl sites for hydroxylation is 2. The molecule has 0 aliphatic carbocycles. The summed E-state index contributed by atoms with van der Waals surface area (Å²) in [6, 6.07) is 6.46. The van der Waals surface area contributed by atoms with Gasteiger partial charge in [0, 0.05) is 6.54 Å². The highest BCUT2D eigenvalue weighted by Gasteiger charge is 2.07. The van der Waals surface area contributed by atoms with Gasteiger partial charge in [0.1, 0.15) is 12.4 Å². The van der Waals surface area contributed by atoms with Crippen LogP contribution in [0.25, 0.3) is 0 Å². The Morgan fingerprint density at radius 2 is 2.10 bits per heavy atom. The highest BCUT2D eigenvalue weighted by molar-refractivity contribution is 5.37. The van der Waals surface area contributed by atoms with Crippen molar-refractivity contribution in [1.82, 2.24) is 9.55 Å². The zero-order valence-corrected chi connectivity index (χ0v) is 12.9. The van der Waals surface area contributed by atoms with Crippen LogP contribution >= 0.6 is 0 Å². The van der Waals surface area contributed by atoms with E-state index in [2.05, 4.69) is 55.4 Å². The lowest BCUT2D eigenvalue weighted by Crippen LogP contribution is -2.05. The first kappa shape index (κ1) is 14.6. The number of rotatable bonds is 6. The van der Waals surface area contributed by atoms with Crippen molar-refractivity contribution >= 4 is 0 Å². The van der Waals surface area contributed by atoms with E-state index in [4.69, 9.17) is 4.74 Å². The first-order valence-electron chi connectivity index (χ1n) is 7.34. The summed E-state index contributed by atoms with van der Waals surface area (Å²) in [5, 5.41) is 0. The molecule has 0 fully saturated rings. The topological polar surface area (TPSA) is 27.1 Å². The molecule has 0 aliphatic rings. The molecule has 0 atom stereocenters. The molecule has 0 spiro atoms. The Bertz CT molecular complexity index is 558. The average molecular weight is 272 g/mol. The molecule has 3 heteroatoms. The normalized spacial score (nSPS) is 11.1. The van der Waals surface area contributed by atoms with Gasteiger partial charge in [-0.2, -0.15) is 0 Å². The van der Waals surface area contributed by atoms with Crippen molar-refractivity contribution in [2.75, 3.05) is 0 Å². The number of hydrogen-bond acceptors (Lipinski definition) is 2. The molecular formula is C17H24N2O. The molecule has 2 rings (SSSR count). The molecule has 108 valence electrons. The monoisotopic (exact) mass is 272 g/mol. The van der Waals surface area contributed by atoms with Gasteiger partial charge in [-0.1, -0.05) is 32.9 Å². The van der Waals surface area contributed by atoms with Gasteiger partial charge in [0.15, 0.2) is 0 Å². The molecule has 0 amide bonds. The van der Waals surface area contributed by atoms with Crippen LogP contribution in [0.2, 0.25) is 0 Å². The van der Waals surface area contributed by atoms with E-state index in [1.54, 1.807) is 0 Å². The quantitative estimate of drug-likeness (QED) is 0.783. The van der Waals surface area contributed by atoms with E-state index in [9.17, 15) is 0 Å². The highest BCUT2D eigenvalue weighted by atomic mass is 16.5.